The van der Waals surface area contributed by atoms with E-state index in [1.54, 1.807) is 12.1 Å². The number of sulfonamides is 1. The number of anilines is 2. The Bertz CT molecular complexity index is 1550. The van der Waals surface area contributed by atoms with Crippen molar-refractivity contribution in [3.05, 3.63) is 51.6 Å². The van der Waals surface area contributed by atoms with Crippen molar-refractivity contribution in [1.29, 1.82) is 0 Å². The second-order valence-electron chi connectivity index (χ2n) is 8.64. The summed E-state index contributed by atoms with van der Waals surface area (Å²) in [5.41, 5.74) is -0.0961. The van der Waals surface area contributed by atoms with Gasteiger partial charge in [0.1, 0.15) is 11.3 Å². The van der Waals surface area contributed by atoms with E-state index >= 15 is 0 Å². The van der Waals surface area contributed by atoms with E-state index in [1.165, 1.54) is 41.3 Å². The maximum Gasteiger partial charge on any atom is 0.348 e. The van der Waals surface area contributed by atoms with Gasteiger partial charge in [0.2, 0.25) is 10.0 Å². The number of thiophene rings is 1. The number of aryl methyl sites for hydroxylation is 1. The van der Waals surface area contributed by atoms with Crippen LogP contribution in [0.2, 0.25) is 0 Å². The van der Waals surface area contributed by atoms with E-state index in [2.05, 4.69) is 19.9 Å². The van der Waals surface area contributed by atoms with Crippen LogP contribution in [0.5, 0.6) is 5.75 Å². The van der Waals surface area contributed by atoms with E-state index < -0.39 is 28.9 Å². The monoisotopic (exact) mass is 551 g/mol. The summed E-state index contributed by atoms with van der Waals surface area (Å²) >= 11 is 1.35. The molecule has 1 atom stereocenters. The van der Waals surface area contributed by atoms with Crippen LogP contribution in [0.4, 0.5) is 11.4 Å². The molecule has 1 unspecified atom stereocenters. The number of aromatic hydroxyl groups is 1. The lowest BCUT2D eigenvalue weighted by molar-refractivity contribution is 0.404. The predicted octanol–water partition coefficient (Wildman–Crippen LogP) is 3.43. The molecule has 192 valence electrons. The smallest absolute Gasteiger partial charge is 0.348 e. The standard InChI is InChI=1S/C22H26N5O6PS2/c1-13(2)9-10-27-22(29)18(20(28)19(24-27)17-6-5-11-35-17)21-23-15-8-7-14(26-36(4,31)32)12-16(15)34(30,25-21)33-3/h5-8,11-13,26,28H,9-10H2,1-4H3,(H,23,25,30). The van der Waals surface area contributed by atoms with Gasteiger partial charge in [0.15, 0.2) is 11.6 Å². The number of fused-ring (bicyclic) bond motifs is 1. The van der Waals surface area contributed by atoms with Crippen LogP contribution in [0.15, 0.2) is 45.3 Å². The lowest BCUT2D eigenvalue weighted by Gasteiger charge is -2.25. The Morgan fingerprint density at radius 1 is 1.31 bits per heavy atom. The Morgan fingerprint density at radius 2 is 2.06 bits per heavy atom. The molecule has 1 aliphatic rings. The average Bonchev–Trinajstić information content (AvgIpc) is 3.32. The van der Waals surface area contributed by atoms with Crippen LogP contribution in [0, 0.1) is 5.92 Å². The average molecular weight is 552 g/mol. The largest absolute Gasteiger partial charge is 0.505 e. The van der Waals surface area contributed by atoms with Gasteiger partial charge in [0.05, 0.1) is 22.1 Å². The summed E-state index contributed by atoms with van der Waals surface area (Å²) in [6, 6.07) is 7.91. The summed E-state index contributed by atoms with van der Waals surface area (Å²) in [4.78, 5) is 14.1. The van der Waals surface area contributed by atoms with Gasteiger partial charge in [-0.05, 0) is 42.0 Å². The fourth-order valence-electron chi connectivity index (χ4n) is 3.63. The lowest BCUT2D eigenvalue weighted by Crippen LogP contribution is -2.35. The van der Waals surface area contributed by atoms with Crippen molar-refractivity contribution >= 4 is 51.4 Å². The van der Waals surface area contributed by atoms with Crippen molar-refractivity contribution in [2.24, 2.45) is 10.7 Å². The number of hydrogen-bond acceptors (Lipinski definition) is 9. The van der Waals surface area contributed by atoms with Gasteiger partial charge in [-0.3, -0.25) is 14.1 Å². The van der Waals surface area contributed by atoms with E-state index in [-0.39, 0.29) is 28.1 Å². The quantitative estimate of drug-likeness (QED) is 0.360. The van der Waals surface area contributed by atoms with Crippen LogP contribution in [0.1, 0.15) is 25.8 Å². The van der Waals surface area contributed by atoms with E-state index in [0.717, 1.165) is 6.26 Å². The predicted molar refractivity (Wildman–Crippen MR) is 142 cm³/mol. The number of aromatic nitrogens is 2. The summed E-state index contributed by atoms with van der Waals surface area (Å²) in [5.74, 6) is -0.213. The molecule has 0 saturated heterocycles. The normalized spacial score (nSPS) is 17.4. The number of nitrogens with zero attached hydrogens (tertiary/aromatic N) is 3. The third kappa shape index (κ3) is 5.24. The molecule has 0 aliphatic carbocycles. The molecule has 0 saturated carbocycles. The Balaban J connectivity index is 1.89. The highest BCUT2D eigenvalue weighted by molar-refractivity contribution is 7.92. The van der Waals surface area contributed by atoms with E-state index in [4.69, 9.17) is 4.52 Å². The van der Waals surface area contributed by atoms with Crippen molar-refractivity contribution in [3.8, 4) is 16.3 Å². The third-order valence-electron chi connectivity index (χ3n) is 5.38. The summed E-state index contributed by atoms with van der Waals surface area (Å²) in [5, 5.41) is 20.5. The van der Waals surface area contributed by atoms with Crippen molar-refractivity contribution in [3.63, 3.8) is 0 Å². The summed E-state index contributed by atoms with van der Waals surface area (Å²) in [6.45, 7) is 4.37. The highest BCUT2D eigenvalue weighted by atomic mass is 32.2. The highest BCUT2D eigenvalue weighted by Crippen LogP contribution is 2.52. The van der Waals surface area contributed by atoms with Crippen LogP contribution in [0.25, 0.3) is 10.6 Å². The van der Waals surface area contributed by atoms with E-state index in [1.807, 2.05) is 19.2 Å². The molecule has 3 aromatic rings. The SMILES string of the molecule is COP1(=O)N=C(c2c(O)c(-c3cccs3)nn(CCC(C)C)c2=O)Nc2ccc(NS(C)(=O)=O)cc21. The van der Waals surface area contributed by atoms with E-state index in [0.29, 0.717) is 29.4 Å². The molecule has 0 radical (unpaired) electrons. The van der Waals surface area contributed by atoms with Crippen LogP contribution < -0.4 is 20.9 Å². The summed E-state index contributed by atoms with van der Waals surface area (Å²) in [7, 11) is -6.31. The van der Waals surface area contributed by atoms with Gasteiger partial charge in [-0.2, -0.15) is 9.86 Å². The Kier molecular flexibility index (Phi) is 7.11. The maximum absolute atomic E-state index is 13.7. The van der Waals surface area contributed by atoms with Crippen LogP contribution in [-0.4, -0.2) is 42.5 Å². The molecule has 0 amide bonds. The minimum atomic E-state index is -3.95. The minimum Gasteiger partial charge on any atom is -0.505 e. The first kappa shape index (κ1) is 26.1. The molecular formula is C22H26N5O6PS2. The second-order valence-corrected chi connectivity index (χ2v) is 13.4. The van der Waals surface area contributed by atoms with Gasteiger partial charge in [0, 0.05) is 19.3 Å². The van der Waals surface area contributed by atoms with Gasteiger partial charge in [-0.15, -0.1) is 11.3 Å². The number of benzene rings is 1. The molecule has 0 bridgehead atoms. The van der Waals surface area contributed by atoms with Crippen molar-refractivity contribution in [1.82, 2.24) is 9.78 Å². The van der Waals surface area contributed by atoms with Crippen molar-refractivity contribution in [2.45, 2.75) is 26.8 Å². The Hall–Kier alpha value is -2.99. The van der Waals surface area contributed by atoms with Crippen LogP contribution in [0.3, 0.4) is 0 Å². The van der Waals surface area contributed by atoms with Crippen molar-refractivity contribution < 1.29 is 22.6 Å². The lowest BCUT2D eigenvalue weighted by atomic mass is 10.1. The molecule has 3 N–H and O–H groups in total. The fraction of sp³-hybridized carbons (Fsp3) is 0.318. The van der Waals surface area contributed by atoms with Gasteiger partial charge in [0.25, 0.3) is 5.56 Å². The second kappa shape index (κ2) is 9.81. The zero-order valence-corrected chi connectivity index (χ0v) is 22.6. The van der Waals surface area contributed by atoms with Crippen molar-refractivity contribution in [2.75, 3.05) is 23.4 Å². The van der Waals surface area contributed by atoms with E-state index in [9.17, 15) is 22.9 Å². The molecule has 1 aromatic carbocycles. The highest BCUT2D eigenvalue weighted by Gasteiger charge is 2.36. The maximum atomic E-state index is 13.7. The number of amidine groups is 1. The van der Waals surface area contributed by atoms with Crippen LogP contribution in [-0.2, 0) is 25.7 Å². The Morgan fingerprint density at radius 3 is 2.67 bits per heavy atom. The molecular weight excluding hydrogens is 525 g/mol. The molecule has 1 aliphatic heterocycles. The first-order valence-electron chi connectivity index (χ1n) is 11.0. The zero-order chi connectivity index (χ0) is 26.3. The summed E-state index contributed by atoms with van der Waals surface area (Å²) in [6.07, 6.45) is 1.68. The first-order valence-corrected chi connectivity index (χ1v) is 15.3. The van der Waals surface area contributed by atoms with Gasteiger partial charge < -0.3 is 14.9 Å². The molecule has 4 rings (SSSR count). The topological polar surface area (TPSA) is 152 Å². The molecule has 0 fully saturated rings. The Labute approximate surface area is 212 Å². The number of rotatable bonds is 8. The van der Waals surface area contributed by atoms with Gasteiger partial charge in [-0.25, -0.2) is 13.1 Å². The fourth-order valence-corrected chi connectivity index (χ4v) is 6.43. The molecule has 36 heavy (non-hydrogen) atoms. The molecule has 11 nitrogen and oxygen atoms in total. The molecule has 2 aromatic heterocycles. The number of nitrogens with one attached hydrogen (secondary N) is 2. The van der Waals surface area contributed by atoms with Gasteiger partial charge >= 0.3 is 7.52 Å². The molecule has 14 heteroatoms. The first-order chi connectivity index (χ1) is 16.9. The number of hydrogen-bond donors (Lipinski definition) is 3. The minimum absolute atomic E-state index is 0.120. The molecule has 3 heterocycles. The molecule has 0 spiro atoms. The zero-order valence-electron chi connectivity index (χ0n) is 20.0. The van der Waals surface area contributed by atoms with Gasteiger partial charge in [-0.1, -0.05) is 19.9 Å². The third-order valence-corrected chi connectivity index (χ3v) is 8.80. The summed E-state index contributed by atoms with van der Waals surface area (Å²) < 4.78 is 50.1. The van der Waals surface area contributed by atoms with Crippen LogP contribution >= 0.6 is 18.9 Å².